The van der Waals surface area contributed by atoms with E-state index in [1.54, 1.807) is 0 Å². The Morgan fingerprint density at radius 1 is 1.40 bits per heavy atom. The molecule has 10 heavy (non-hydrogen) atoms. The van der Waals surface area contributed by atoms with Crippen LogP contribution in [-0.4, -0.2) is 6.04 Å². The van der Waals surface area contributed by atoms with Gasteiger partial charge in [0, 0.05) is 6.04 Å². The summed E-state index contributed by atoms with van der Waals surface area (Å²) >= 11 is 0. The van der Waals surface area contributed by atoms with Gasteiger partial charge < -0.3 is 5.73 Å². The van der Waals surface area contributed by atoms with Gasteiger partial charge in [-0.3, -0.25) is 0 Å². The number of fused-ring (bicyclic) bond motifs is 2. The van der Waals surface area contributed by atoms with Crippen molar-refractivity contribution in [2.75, 3.05) is 0 Å². The van der Waals surface area contributed by atoms with E-state index in [4.69, 9.17) is 5.73 Å². The third-order valence-electron chi connectivity index (χ3n) is 3.01. The maximum absolute atomic E-state index is 5.85. The van der Waals surface area contributed by atoms with Gasteiger partial charge in [0.05, 0.1) is 0 Å². The van der Waals surface area contributed by atoms with Crippen LogP contribution in [0.1, 0.15) is 19.8 Å². The van der Waals surface area contributed by atoms with Crippen LogP contribution >= 0.6 is 0 Å². The molecule has 1 saturated carbocycles. The Morgan fingerprint density at radius 3 is 2.50 bits per heavy atom. The molecular weight excluding hydrogens is 122 g/mol. The molecule has 0 saturated heterocycles. The maximum atomic E-state index is 5.85. The molecule has 0 aromatic heterocycles. The summed E-state index contributed by atoms with van der Waals surface area (Å²) in [5, 5.41) is 0. The molecule has 2 bridgehead atoms. The van der Waals surface area contributed by atoms with Crippen LogP contribution in [0.15, 0.2) is 12.2 Å². The molecule has 0 radical (unpaired) electrons. The van der Waals surface area contributed by atoms with Gasteiger partial charge in [0.25, 0.3) is 0 Å². The molecule has 1 heteroatoms. The maximum Gasteiger partial charge on any atom is 0.00446 e. The number of hydrogen-bond donors (Lipinski definition) is 1. The Balaban J connectivity index is 2.09. The lowest BCUT2D eigenvalue weighted by molar-refractivity contribution is 0.382. The van der Waals surface area contributed by atoms with Gasteiger partial charge in [0.1, 0.15) is 0 Å². The van der Waals surface area contributed by atoms with Crippen molar-refractivity contribution >= 4 is 0 Å². The van der Waals surface area contributed by atoms with Gasteiger partial charge in [-0.25, -0.2) is 0 Å². The zero-order chi connectivity index (χ0) is 7.14. The third-order valence-corrected chi connectivity index (χ3v) is 3.01. The van der Waals surface area contributed by atoms with E-state index in [-0.39, 0.29) is 0 Å². The highest BCUT2D eigenvalue weighted by molar-refractivity contribution is 5.11. The summed E-state index contributed by atoms with van der Waals surface area (Å²) < 4.78 is 0. The summed E-state index contributed by atoms with van der Waals surface area (Å²) in [6.07, 6.45) is 7.46. The first-order valence-electron chi connectivity index (χ1n) is 4.21. The molecule has 4 atom stereocenters. The highest BCUT2D eigenvalue weighted by Gasteiger charge is 2.37. The van der Waals surface area contributed by atoms with Crippen molar-refractivity contribution < 1.29 is 0 Å². The first-order chi connectivity index (χ1) is 4.77. The minimum Gasteiger partial charge on any atom is -0.328 e. The molecular formula is C9H15N. The van der Waals surface area contributed by atoms with Gasteiger partial charge in [0.15, 0.2) is 0 Å². The zero-order valence-electron chi connectivity index (χ0n) is 6.46. The average molecular weight is 137 g/mol. The van der Waals surface area contributed by atoms with Gasteiger partial charge >= 0.3 is 0 Å². The minimum atomic E-state index is 0.403. The van der Waals surface area contributed by atoms with Crippen molar-refractivity contribution in [1.29, 1.82) is 0 Å². The van der Waals surface area contributed by atoms with Crippen LogP contribution in [0, 0.1) is 17.8 Å². The van der Waals surface area contributed by atoms with Gasteiger partial charge in [-0.05, 0) is 37.5 Å². The Kier molecular flexibility index (Phi) is 1.34. The number of hydrogen-bond acceptors (Lipinski definition) is 1. The van der Waals surface area contributed by atoms with E-state index in [1.165, 1.54) is 12.8 Å². The van der Waals surface area contributed by atoms with E-state index in [1.807, 2.05) is 0 Å². The molecule has 0 aliphatic heterocycles. The Labute approximate surface area is 62.3 Å². The third kappa shape index (κ3) is 0.807. The fourth-order valence-corrected chi connectivity index (χ4v) is 2.43. The molecule has 2 aliphatic rings. The lowest BCUT2D eigenvalue weighted by Gasteiger charge is -2.21. The molecule has 0 amide bonds. The van der Waals surface area contributed by atoms with Crippen molar-refractivity contribution in [2.24, 2.45) is 23.5 Å². The van der Waals surface area contributed by atoms with Crippen molar-refractivity contribution in [3.8, 4) is 0 Å². The summed E-state index contributed by atoms with van der Waals surface area (Å²) in [6.45, 7) is 2.14. The molecule has 1 fully saturated rings. The summed E-state index contributed by atoms with van der Waals surface area (Å²) in [7, 11) is 0. The number of nitrogens with two attached hydrogens (primary N) is 1. The normalized spacial score (nSPS) is 46.4. The molecule has 3 unspecified atom stereocenters. The van der Waals surface area contributed by atoms with E-state index in [0.29, 0.717) is 6.04 Å². The highest BCUT2D eigenvalue weighted by atomic mass is 14.7. The van der Waals surface area contributed by atoms with Crippen LogP contribution in [0.2, 0.25) is 0 Å². The van der Waals surface area contributed by atoms with Crippen LogP contribution in [0.3, 0.4) is 0 Å². The van der Waals surface area contributed by atoms with Crippen molar-refractivity contribution in [1.82, 2.24) is 0 Å². The summed E-state index contributed by atoms with van der Waals surface area (Å²) in [5.41, 5.74) is 5.85. The van der Waals surface area contributed by atoms with Crippen LogP contribution in [0.4, 0.5) is 0 Å². The topological polar surface area (TPSA) is 26.0 Å². The van der Waals surface area contributed by atoms with Gasteiger partial charge in [-0.2, -0.15) is 0 Å². The Hall–Kier alpha value is -0.300. The monoisotopic (exact) mass is 137 g/mol. The minimum absolute atomic E-state index is 0.403. The smallest absolute Gasteiger partial charge is 0.00446 e. The van der Waals surface area contributed by atoms with Crippen LogP contribution in [0.25, 0.3) is 0 Å². The molecule has 2 rings (SSSR count). The molecule has 56 valence electrons. The van der Waals surface area contributed by atoms with Crippen molar-refractivity contribution in [3.63, 3.8) is 0 Å². The van der Waals surface area contributed by atoms with E-state index in [9.17, 15) is 0 Å². The first kappa shape index (κ1) is 6.41. The van der Waals surface area contributed by atoms with E-state index in [2.05, 4.69) is 19.1 Å². The lowest BCUT2D eigenvalue weighted by atomic mass is 9.88. The molecule has 0 aromatic rings. The molecule has 2 aliphatic carbocycles. The van der Waals surface area contributed by atoms with Crippen LogP contribution in [-0.2, 0) is 0 Å². The second-order valence-electron chi connectivity index (χ2n) is 3.80. The van der Waals surface area contributed by atoms with Crippen molar-refractivity contribution in [2.45, 2.75) is 25.8 Å². The summed E-state index contributed by atoms with van der Waals surface area (Å²) in [4.78, 5) is 0. The predicted molar refractivity (Wildman–Crippen MR) is 42.5 cm³/mol. The van der Waals surface area contributed by atoms with Gasteiger partial charge in [0.2, 0.25) is 0 Å². The lowest BCUT2D eigenvalue weighted by Crippen LogP contribution is -2.29. The Morgan fingerprint density at radius 2 is 2.20 bits per heavy atom. The largest absolute Gasteiger partial charge is 0.328 e. The molecule has 0 heterocycles. The first-order valence-corrected chi connectivity index (χ1v) is 4.21. The van der Waals surface area contributed by atoms with Crippen molar-refractivity contribution in [3.05, 3.63) is 12.2 Å². The van der Waals surface area contributed by atoms with E-state index >= 15 is 0 Å². The molecule has 2 N–H and O–H groups in total. The number of rotatable bonds is 1. The standard InChI is InChI=1S/C9H15N/c1-6(10)9-5-7-2-3-8(9)4-7/h2-3,6-9H,4-5,10H2,1H3/t6-,7?,8?,9?/m0/s1. The predicted octanol–water partition coefficient (Wildman–Crippen LogP) is 1.55. The van der Waals surface area contributed by atoms with E-state index in [0.717, 1.165) is 17.8 Å². The SMILES string of the molecule is C[C@H](N)C1CC2C=CC1C2. The van der Waals surface area contributed by atoms with Crippen LogP contribution < -0.4 is 5.73 Å². The molecule has 1 nitrogen and oxygen atoms in total. The van der Waals surface area contributed by atoms with Gasteiger partial charge in [-0.1, -0.05) is 12.2 Å². The fraction of sp³-hybridized carbons (Fsp3) is 0.778. The highest BCUT2D eigenvalue weighted by Crippen LogP contribution is 2.44. The quantitative estimate of drug-likeness (QED) is 0.545. The number of allylic oxidation sites excluding steroid dienone is 2. The molecule has 0 aromatic carbocycles. The average Bonchev–Trinajstić information content (AvgIpc) is 2.44. The zero-order valence-corrected chi connectivity index (χ0v) is 6.46. The van der Waals surface area contributed by atoms with Crippen LogP contribution in [0.5, 0.6) is 0 Å². The summed E-state index contributed by atoms with van der Waals surface area (Å²) in [5.74, 6) is 2.49. The Bertz CT molecular complexity index is 160. The second kappa shape index (κ2) is 2.09. The van der Waals surface area contributed by atoms with Gasteiger partial charge in [-0.15, -0.1) is 0 Å². The van der Waals surface area contributed by atoms with E-state index < -0.39 is 0 Å². The molecule has 0 spiro atoms. The second-order valence-corrected chi connectivity index (χ2v) is 3.80. The summed E-state index contributed by atoms with van der Waals surface area (Å²) in [6, 6.07) is 0.403. The fourth-order valence-electron chi connectivity index (χ4n) is 2.43.